The van der Waals surface area contributed by atoms with Gasteiger partial charge in [-0.1, -0.05) is 12.2 Å². The Morgan fingerprint density at radius 1 is 1.00 bits per heavy atom. The molecular formula is C14H19N3O4. The summed E-state index contributed by atoms with van der Waals surface area (Å²) in [6.45, 7) is 7.96. The Labute approximate surface area is 121 Å². The average Bonchev–Trinajstić information content (AvgIpc) is 2.97. The molecule has 1 unspecified atom stereocenters. The van der Waals surface area contributed by atoms with Gasteiger partial charge in [0, 0.05) is 6.61 Å². The van der Waals surface area contributed by atoms with E-state index >= 15 is 0 Å². The first kappa shape index (κ1) is 15.2. The Bertz CT molecular complexity index is 656. The first-order valence-corrected chi connectivity index (χ1v) is 6.88. The van der Waals surface area contributed by atoms with E-state index < -0.39 is 17.1 Å². The molecule has 1 aliphatic heterocycles. The van der Waals surface area contributed by atoms with Crippen LogP contribution in [-0.4, -0.2) is 26.4 Å². The van der Waals surface area contributed by atoms with Crippen molar-refractivity contribution in [3.63, 3.8) is 0 Å². The number of nitrogens with zero attached hydrogens (tertiary/aromatic N) is 3. The third-order valence-corrected chi connectivity index (χ3v) is 3.42. The van der Waals surface area contributed by atoms with E-state index in [4.69, 9.17) is 4.74 Å². The van der Waals surface area contributed by atoms with Crippen molar-refractivity contribution in [2.75, 3.05) is 6.61 Å². The second-order valence-electron chi connectivity index (χ2n) is 4.89. The lowest BCUT2D eigenvalue weighted by atomic mass is 10.2. The summed E-state index contributed by atoms with van der Waals surface area (Å²) in [5, 5.41) is 0. The molecule has 0 spiro atoms. The molecule has 0 saturated carbocycles. The standard InChI is InChI=1S/C14H19N3O4/c1-3-7-15-12(18)16(8-4-2)14(20)17(13(15)19)10-11-6-5-9-21-11/h3-4,11H,1-2,5-10H2. The van der Waals surface area contributed by atoms with E-state index in [1.54, 1.807) is 0 Å². The quantitative estimate of drug-likeness (QED) is 0.676. The summed E-state index contributed by atoms with van der Waals surface area (Å²) < 4.78 is 8.51. The molecule has 0 bridgehead atoms. The fourth-order valence-corrected chi connectivity index (χ4v) is 2.40. The van der Waals surface area contributed by atoms with Gasteiger partial charge in [0.25, 0.3) is 0 Å². The smallest absolute Gasteiger partial charge is 0.336 e. The number of allylic oxidation sites excluding steroid dienone is 2. The van der Waals surface area contributed by atoms with Gasteiger partial charge in [-0.25, -0.2) is 28.1 Å². The fraction of sp³-hybridized carbons (Fsp3) is 0.500. The molecule has 1 fully saturated rings. The molecule has 0 aromatic carbocycles. The Morgan fingerprint density at radius 2 is 1.52 bits per heavy atom. The SMILES string of the molecule is C=CCn1c(=O)n(CC=C)c(=O)n(CC2CCCO2)c1=O. The molecule has 2 rings (SSSR count). The molecule has 1 aromatic heterocycles. The van der Waals surface area contributed by atoms with E-state index in [9.17, 15) is 14.4 Å². The molecule has 1 aromatic rings. The first-order valence-electron chi connectivity index (χ1n) is 6.88. The minimum atomic E-state index is -0.645. The van der Waals surface area contributed by atoms with Crippen LogP contribution < -0.4 is 17.1 Å². The second kappa shape index (κ2) is 6.53. The van der Waals surface area contributed by atoms with Crippen LogP contribution in [0.2, 0.25) is 0 Å². The van der Waals surface area contributed by atoms with Crippen molar-refractivity contribution < 1.29 is 4.74 Å². The molecule has 0 N–H and O–H groups in total. The maximum Gasteiger partial charge on any atom is 0.336 e. The van der Waals surface area contributed by atoms with Crippen LogP contribution >= 0.6 is 0 Å². The Hall–Kier alpha value is -2.15. The van der Waals surface area contributed by atoms with E-state index in [0.717, 1.165) is 26.5 Å². The minimum Gasteiger partial charge on any atom is -0.376 e. The van der Waals surface area contributed by atoms with Crippen molar-refractivity contribution >= 4 is 0 Å². The molecule has 0 aliphatic carbocycles. The van der Waals surface area contributed by atoms with Gasteiger partial charge in [-0.2, -0.15) is 0 Å². The molecule has 1 atom stereocenters. The maximum atomic E-state index is 12.3. The van der Waals surface area contributed by atoms with Crippen LogP contribution in [0.4, 0.5) is 0 Å². The molecule has 21 heavy (non-hydrogen) atoms. The van der Waals surface area contributed by atoms with E-state index in [-0.39, 0.29) is 25.7 Å². The van der Waals surface area contributed by atoms with Crippen molar-refractivity contribution in [2.45, 2.75) is 38.6 Å². The summed E-state index contributed by atoms with van der Waals surface area (Å²) >= 11 is 0. The van der Waals surface area contributed by atoms with Gasteiger partial charge in [-0.3, -0.25) is 0 Å². The van der Waals surface area contributed by atoms with Crippen LogP contribution in [-0.2, 0) is 24.4 Å². The summed E-state index contributed by atoms with van der Waals surface area (Å²) in [5.74, 6) is 0. The van der Waals surface area contributed by atoms with Gasteiger partial charge in [0.15, 0.2) is 0 Å². The third kappa shape index (κ3) is 2.97. The number of hydrogen-bond donors (Lipinski definition) is 0. The molecular weight excluding hydrogens is 274 g/mol. The third-order valence-electron chi connectivity index (χ3n) is 3.42. The summed E-state index contributed by atoms with van der Waals surface area (Å²) in [5.41, 5.74) is -1.89. The lowest BCUT2D eigenvalue weighted by Gasteiger charge is -2.14. The molecule has 1 aliphatic rings. The average molecular weight is 293 g/mol. The van der Waals surface area contributed by atoms with Gasteiger partial charge in [0.05, 0.1) is 25.7 Å². The van der Waals surface area contributed by atoms with Gasteiger partial charge >= 0.3 is 17.1 Å². The molecule has 114 valence electrons. The Kier molecular flexibility index (Phi) is 4.74. The number of aromatic nitrogens is 3. The maximum absolute atomic E-state index is 12.3. The number of rotatable bonds is 6. The topological polar surface area (TPSA) is 75.2 Å². The summed E-state index contributed by atoms with van der Waals surface area (Å²) in [6.07, 6.45) is 4.44. The van der Waals surface area contributed by atoms with E-state index in [2.05, 4.69) is 13.2 Å². The summed E-state index contributed by atoms with van der Waals surface area (Å²) in [4.78, 5) is 36.8. The molecule has 1 saturated heterocycles. The van der Waals surface area contributed by atoms with Gasteiger partial charge in [0.1, 0.15) is 0 Å². The van der Waals surface area contributed by atoms with Crippen LogP contribution in [0.25, 0.3) is 0 Å². The second-order valence-corrected chi connectivity index (χ2v) is 4.89. The van der Waals surface area contributed by atoms with Crippen LogP contribution in [0, 0.1) is 0 Å². The van der Waals surface area contributed by atoms with Crippen molar-refractivity contribution in [3.8, 4) is 0 Å². The predicted molar refractivity (Wildman–Crippen MR) is 78.6 cm³/mol. The summed E-state index contributed by atoms with van der Waals surface area (Å²) in [6, 6.07) is 0. The van der Waals surface area contributed by atoms with Crippen LogP contribution in [0.1, 0.15) is 12.8 Å². The molecule has 2 heterocycles. The number of hydrogen-bond acceptors (Lipinski definition) is 4. The lowest BCUT2D eigenvalue weighted by molar-refractivity contribution is 0.0935. The highest BCUT2D eigenvalue weighted by Gasteiger charge is 2.21. The highest BCUT2D eigenvalue weighted by atomic mass is 16.5. The zero-order valence-electron chi connectivity index (χ0n) is 11.9. The molecule has 0 radical (unpaired) electrons. The predicted octanol–water partition coefficient (Wildman–Crippen LogP) is -0.277. The first-order chi connectivity index (χ1) is 10.1. The normalized spacial score (nSPS) is 17.8. The monoisotopic (exact) mass is 293 g/mol. The van der Waals surface area contributed by atoms with E-state index in [0.29, 0.717) is 6.61 Å². The zero-order valence-corrected chi connectivity index (χ0v) is 11.9. The van der Waals surface area contributed by atoms with Crippen molar-refractivity contribution in [2.24, 2.45) is 0 Å². The van der Waals surface area contributed by atoms with Gasteiger partial charge < -0.3 is 4.74 Å². The van der Waals surface area contributed by atoms with Crippen LogP contribution in [0.5, 0.6) is 0 Å². The van der Waals surface area contributed by atoms with Crippen LogP contribution in [0.15, 0.2) is 39.7 Å². The van der Waals surface area contributed by atoms with Crippen molar-refractivity contribution in [1.82, 2.24) is 13.7 Å². The zero-order chi connectivity index (χ0) is 15.4. The molecule has 7 nitrogen and oxygen atoms in total. The van der Waals surface area contributed by atoms with Crippen LogP contribution in [0.3, 0.4) is 0 Å². The minimum absolute atomic E-state index is 0.0562. The highest BCUT2D eigenvalue weighted by Crippen LogP contribution is 2.12. The Morgan fingerprint density at radius 3 is 1.95 bits per heavy atom. The Balaban J connectivity index is 2.58. The van der Waals surface area contributed by atoms with E-state index in [1.165, 1.54) is 12.2 Å². The van der Waals surface area contributed by atoms with Crippen molar-refractivity contribution in [3.05, 3.63) is 56.8 Å². The highest BCUT2D eigenvalue weighted by molar-refractivity contribution is 4.85. The molecule has 7 heteroatoms. The fourth-order valence-electron chi connectivity index (χ4n) is 2.40. The largest absolute Gasteiger partial charge is 0.376 e. The van der Waals surface area contributed by atoms with Crippen molar-refractivity contribution in [1.29, 1.82) is 0 Å². The van der Waals surface area contributed by atoms with Gasteiger partial charge in [-0.15, -0.1) is 13.2 Å². The van der Waals surface area contributed by atoms with Gasteiger partial charge in [-0.05, 0) is 12.8 Å². The lowest BCUT2D eigenvalue weighted by Crippen LogP contribution is -2.55. The summed E-state index contributed by atoms with van der Waals surface area (Å²) in [7, 11) is 0. The van der Waals surface area contributed by atoms with E-state index in [1.807, 2.05) is 0 Å². The molecule has 0 amide bonds. The van der Waals surface area contributed by atoms with Gasteiger partial charge in [0.2, 0.25) is 0 Å². The number of ether oxygens (including phenoxy) is 1.